The maximum atomic E-state index is 10.7. The molecule has 0 saturated heterocycles. The standard InChI is InChI=1S/C28H31N2O5/c1-29(2)28-21-16-25(35-6)24(34-5)15-20(21)26(18-10-8-7-9-11-18)27(30(28)17-31)19-12-13-22(32-3)23(14-19)33-4/h7-16,31H,17H2,1-6H3/q+1. The Hall–Kier alpha value is -3.97. The molecule has 0 bridgehead atoms. The Bertz CT molecular complexity index is 1350. The van der Waals surface area contributed by atoms with Crippen LogP contribution in [0.2, 0.25) is 0 Å². The number of pyridine rings is 1. The van der Waals surface area contributed by atoms with Crippen LogP contribution in [-0.4, -0.2) is 47.6 Å². The van der Waals surface area contributed by atoms with Crippen molar-refractivity contribution in [2.45, 2.75) is 6.73 Å². The smallest absolute Gasteiger partial charge is 0.286 e. The van der Waals surface area contributed by atoms with Gasteiger partial charge in [0, 0.05) is 22.6 Å². The number of nitrogens with zero attached hydrogens (tertiary/aromatic N) is 2. The van der Waals surface area contributed by atoms with Gasteiger partial charge in [-0.1, -0.05) is 30.3 Å². The highest BCUT2D eigenvalue weighted by atomic mass is 16.5. The second-order valence-electron chi connectivity index (χ2n) is 8.20. The molecule has 0 unspecified atom stereocenters. The Morgan fingerprint density at radius 3 is 1.80 bits per heavy atom. The van der Waals surface area contributed by atoms with Gasteiger partial charge in [0.05, 0.1) is 47.9 Å². The molecule has 0 radical (unpaired) electrons. The molecular weight excluding hydrogens is 444 g/mol. The predicted octanol–water partition coefficient (Wildman–Crippen LogP) is 4.51. The molecule has 0 spiro atoms. The number of anilines is 1. The van der Waals surface area contributed by atoms with E-state index in [0.29, 0.717) is 23.0 Å². The minimum atomic E-state index is -0.235. The van der Waals surface area contributed by atoms with E-state index in [4.69, 9.17) is 18.9 Å². The average molecular weight is 476 g/mol. The van der Waals surface area contributed by atoms with E-state index in [9.17, 15) is 5.11 Å². The van der Waals surface area contributed by atoms with E-state index in [-0.39, 0.29) is 6.73 Å². The van der Waals surface area contributed by atoms with Gasteiger partial charge in [-0.25, -0.2) is 4.57 Å². The number of aliphatic hydroxyl groups excluding tert-OH is 1. The molecule has 4 aromatic rings. The van der Waals surface area contributed by atoms with E-state index in [0.717, 1.165) is 39.0 Å². The first-order valence-corrected chi connectivity index (χ1v) is 11.2. The number of benzene rings is 3. The van der Waals surface area contributed by atoms with Crippen molar-refractivity contribution in [3.63, 3.8) is 0 Å². The van der Waals surface area contributed by atoms with E-state index >= 15 is 0 Å². The predicted molar refractivity (Wildman–Crippen MR) is 138 cm³/mol. The summed E-state index contributed by atoms with van der Waals surface area (Å²) in [5.41, 5.74) is 3.66. The van der Waals surface area contributed by atoms with Crippen molar-refractivity contribution in [2.75, 3.05) is 47.4 Å². The third-order valence-electron chi connectivity index (χ3n) is 6.08. The molecular formula is C28H31N2O5+. The Labute approximate surface area is 205 Å². The van der Waals surface area contributed by atoms with Crippen LogP contribution in [0.4, 0.5) is 5.82 Å². The summed E-state index contributed by atoms with van der Waals surface area (Å²) in [5, 5.41) is 12.6. The highest BCUT2D eigenvalue weighted by Crippen LogP contribution is 2.44. The van der Waals surface area contributed by atoms with Crippen molar-refractivity contribution in [1.29, 1.82) is 0 Å². The molecule has 0 aliphatic rings. The van der Waals surface area contributed by atoms with Crippen LogP contribution < -0.4 is 28.4 Å². The SMILES string of the molecule is COc1ccc(-c2c(-c3ccccc3)c3cc(OC)c(OC)cc3c(N(C)C)[n+]2CO)cc1OC. The molecule has 1 N–H and O–H groups in total. The number of hydrogen-bond acceptors (Lipinski definition) is 6. The van der Waals surface area contributed by atoms with E-state index in [1.165, 1.54) is 0 Å². The maximum Gasteiger partial charge on any atom is 0.286 e. The first kappa shape index (κ1) is 24.2. The zero-order valence-corrected chi connectivity index (χ0v) is 21.0. The lowest BCUT2D eigenvalue weighted by Gasteiger charge is -2.22. The van der Waals surface area contributed by atoms with Gasteiger partial charge >= 0.3 is 0 Å². The van der Waals surface area contributed by atoms with Crippen molar-refractivity contribution in [1.82, 2.24) is 0 Å². The van der Waals surface area contributed by atoms with Crippen LogP contribution in [0.1, 0.15) is 0 Å². The van der Waals surface area contributed by atoms with E-state index in [2.05, 4.69) is 12.1 Å². The molecule has 182 valence electrons. The van der Waals surface area contributed by atoms with Gasteiger partial charge < -0.3 is 24.1 Å². The minimum Gasteiger partial charge on any atom is -0.493 e. The Kier molecular flexibility index (Phi) is 6.98. The molecule has 0 aliphatic heterocycles. The Morgan fingerprint density at radius 2 is 1.26 bits per heavy atom. The van der Waals surface area contributed by atoms with Gasteiger partial charge in [-0.05, 0) is 29.8 Å². The van der Waals surface area contributed by atoms with Crippen molar-refractivity contribution in [3.8, 4) is 45.4 Å². The highest BCUT2D eigenvalue weighted by molar-refractivity contribution is 6.07. The van der Waals surface area contributed by atoms with Gasteiger partial charge in [0.25, 0.3) is 5.82 Å². The molecule has 0 amide bonds. The fraction of sp³-hybridized carbons (Fsp3) is 0.250. The molecule has 4 rings (SSSR count). The van der Waals surface area contributed by atoms with Crippen LogP contribution in [0, 0.1) is 0 Å². The van der Waals surface area contributed by atoms with Crippen molar-refractivity contribution in [2.24, 2.45) is 0 Å². The van der Waals surface area contributed by atoms with E-state index in [1.54, 1.807) is 28.4 Å². The quantitative estimate of drug-likeness (QED) is 0.378. The monoisotopic (exact) mass is 475 g/mol. The van der Waals surface area contributed by atoms with Gasteiger partial charge in [-0.2, -0.15) is 0 Å². The molecule has 0 aliphatic carbocycles. The number of hydrogen-bond donors (Lipinski definition) is 1. The van der Waals surface area contributed by atoms with Crippen LogP contribution in [-0.2, 0) is 6.73 Å². The largest absolute Gasteiger partial charge is 0.493 e. The summed E-state index contributed by atoms with van der Waals surface area (Å²) >= 11 is 0. The molecule has 0 atom stereocenters. The van der Waals surface area contributed by atoms with Crippen molar-refractivity contribution in [3.05, 3.63) is 60.7 Å². The number of rotatable bonds is 8. The van der Waals surface area contributed by atoms with Crippen LogP contribution in [0.25, 0.3) is 33.2 Å². The van der Waals surface area contributed by atoms with Gasteiger partial charge in [0.15, 0.2) is 29.7 Å². The van der Waals surface area contributed by atoms with Crippen LogP contribution in [0.15, 0.2) is 60.7 Å². The lowest BCUT2D eigenvalue weighted by atomic mass is 9.92. The number of aromatic nitrogens is 1. The van der Waals surface area contributed by atoms with Gasteiger partial charge in [0.1, 0.15) is 5.69 Å². The van der Waals surface area contributed by atoms with E-state index in [1.807, 2.05) is 72.1 Å². The van der Waals surface area contributed by atoms with Gasteiger partial charge in [0.2, 0.25) is 0 Å². The number of methoxy groups -OCH3 is 4. The van der Waals surface area contributed by atoms with Crippen molar-refractivity contribution < 1.29 is 28.6 Å². The fourth-order valence-electron chi connectivity index (χ4n) is 4.59. The molecule has 1 aromatic heterocycles. The van der Waals surface area contributed by atoms with Crippen LogP contribution in [0.5, 0.6) is 23.0 Å². The maximum absolute atomic E-state index is 10.7. The van der Waals surface area contributed by atoms with Crippen LogP contribution in [0.3, 0.4) is 0 Å². The number of fused-ring (bicyclic) bond motifs is 1. The number of aliphatic hydroxyl groups is 1. The third-order valence-corrected chi connectivity index (χ3v) is 6.08. The minimum absolute atomic E-state index is 0.235. The van der Waals surface area contributed by atoms with E-state index < -0.39 is 0 Å². The first-order valence-electron chi connectivity index (χ1n) is 11.2. The molecule has 1 heterocycles. The lowest BCUT2D eigenvalue weighted by Crippen LogP contribution is -2.42. The zero-order chi connectivity index (χ0) is 25.1. The lowest BCUT2D eigenvalue weighted by molar-refractivity contribution is -0.706. The molecule has 7 nitrogen and oxygen atoms in total. The molecule has 0 saturated carbocycles. The fourth-order valence-corrected chi connectivity index (χ4v) is 4.59. The zero-order valence-electron chi connectivity index (χ0n) is 21.0. The topological polar surface area (TPSA) is 64.3 Å². The summed E-state index contributed by atoms with van der Waals surface area (Å²) < 4.78 is 24.3. The average Bonchev–Trinajstić information content (AvgIpc) is 2.90. The normalized spacial score (nSPS) is 10.8. The summed E-state index contributed by atoms with van der Waals surface area (Å²) in [4.78, 5) is 1.99. The summed E-state index contributed by atoms with van der Waals surface area (Å²) in [7, 11) is 10.4. The second kappa shape index (κ2) is 10.1. The molecule has 0 fully saturated rings. The summed E-state index contributed by atoms with van der Waals surface area (Å²) in [6, 6.07) is 19.8. The van der Waals surface area contributed by atoms with Gasteiger partial charge in [-0.15, -0.1) is 0 Å². The van der Waals surface area contributed by atoms with Gasteiger partial charge in [-0.3, -0.25) is 4.90 Å². The molecule has 3 aromatic carbocycles. The molecule has 35 heavy (non-hydrogen) atoms. The Morgan fingerprint density at radius 1 is 0.686 bits per heavy atom. The van der Waals surface area contributed by atoms with Crippen LogP contribution >= 0.6 is 0 Å². The molecule has 7 heteroatoms. The number of ether oxygens (including phenoxy) is 4. The second-order valence-corrected chi connectivity index (χ2v) is 8.20. The highest BCUT2D eigenvalue weighted by Gasteiger charge is 2.29. The third kappa shape index (κ3) is 4.19. The summed E-state index contributed by atoms with van der Waals surface area (Å²) in [6.07, 6.45) is 0. The van der Waals surface area contributed by atoms with Crippen molar-refractivity contribution >= 4 is 16.6 Å². The first-order chi connectivity index (χ1) is 17.0. The summed E-state index contributed by atoms with van der Waals surface area (Å²) in [5.74, 6) is 3.31. The summed E-state index contributed by atoms with van der Waals surface area (Å²) in [6.45, 7) is -0.235. The Balaban J connectivity index is 2.26.